The monoisotopic (exact) mass is 671 g/mol. The number of nitrogens with one attached hydrogen (secondary N) is 2. The largest absolute Gasteiger partial charge is 0.486 e. The zero-order valence-electron chi connectivity index (χ0n) is 28.5. The lowest BCUT2D eigenvalue weighted by Gasteiger charge is -2.36. The van der Waals surface area contributed by atoms with Crippen LogP contribution >= 0.6 is 0 Å². The summed E-state index contributed by atoms with van der Waals surface area (Å²) in [6.07, 6.45) is 9.45. The molecule has 2 saturated carbocycles. The third-order valence-electron chi connectivity index (χ3n) is 10.3. The molecule has 0 spiro atoms. The molecule has 49 heavy (non-hydrogen) atoms. The van der Waals surface area contributed by atoms with Crippen molar-refractivity contribution in [2.75, 3.05) is 56.0 Å². The molecule has 1 saturated heterocycles. The molecule has 3 N–H and O–H groups in total. The first kappa shape index (κ1) is 33.3. The Hall–Kier alpha value is -4.16. The van der Waals surface area contributed by atoms with Gasteiger partial charge in [0, 0.05) is 69.9 Å². The smallest absolute Gasteiger partial charge is 0.251 e. The van der Waals surface area contributed by atoms with Crippen molar-refractivity contribution in [1.82, 2.24) is 25.1 Å². The van der Waals surface area contributed by atoms with Gasteiger partial charge in [-0.3, -0.25) is 14.5 Å². The molecule has 262 valence electrons. The number of aliphatic hydroxyl groups is 1. The van der Waals surface area contributed by atoms with Gasteiger partial charge in [0.15, 0.2) is 12.2 Å². The molecule has 3 aromatic rings. The van der Waals surface area contributed by atoms with Crippen molar-refractivity contribution < 1.29 is 23.8 Å². The number of fused-ring (bicyclic) bond motifs is 1. The van der Waals surface area contributed by atoms with E-state index in [1.807, 2.05) is 30.0 Å². The van der Waals surface area contributed by atoms with E-state index in [4.69, 9.17) is 14.1 Å². The summed E-state index contributed by atoms with van der Waals surface area (Å²) in [7, 11) is 0. The quantitative estimate of drug-likeness (QED) is 0.260. The standard InChI is InChI=1S/C37H49N7O5/c1-25-33(49-24-39-25)23-48-32-10-9-28-21-42(12-11-27(28)17-32)22-31(45)20-38-36(46)29-18-34(40-30-5-3-2-4-6-30)41-35(19-29)43-13-15-44(16-14-43)37(47)26-7-8-26/h9-10,17-19,24,26,30-31,45H,2-8,11-16,20-23H2,1H3,(H,38,46)(H,40,41)/t31-/m0/s1. The number of carbonyl (C=O) groups excluding carboxylic acids is 2. The predicted octanol–water partition coefficient (Wildman–Crippen LogP) is 3.91. The number of pyridine rings is 1. The summed E-state index contributed by atoms with van der Waals surface area (Å²) in [5, 5.41) is 17.5. The molecule has 1 aromatic carbocycles. The molecule has 3 fully saturated rings. The fraction of sp³-hybridized carbons (Fsp3) is 0.568. The average Bonchev–Trinajstić information content (AvgIpc) is 3.90. The van der Waals surface area contributed by atoms with E-state index in [-0.39, 0.29) is 24.3 Å². The van der Waals surface area contributed by atoms with Crippen LogP contribution in [0, 0.1) is 12.8 Å². The SMILES string of the molecule is Cc1ncoc1COc1ccc2c(c1)CCN(C[C@@H](O)CNC(=O)c1cc(NC3CCCCC3)nc(N3CCN(C(=O)C4CC4)CC3)c1)C2. The molecular formula is C37H49N7O5. The van der Waals surface area contributed by atoms with Gasteiger partial charge >= 0.3 is 0 Å². The molecule has 1 atom stereocenters. The number of aliphatic hydroxyl groups excluding tert-OH is 1. The number of benzene rings is 1. The van der Waals surface area contributed by atoms with Crippen LogP contribution < -0.4 is 20.3 Å². The van der Waals surface area contributed by atoms with Crippen molar-refractivity contribution in [2.24, 2.45) is 5.92 Å². The summed E-state index contributed by atoms with van der Waals surface area (Å²) in [6, 6.07) is 10.2. The Balaban J connectivity index is 0.933. The molecule has 0 bridgehead atoms. The molecule has 4 aliphatic rings. The maximum absolute atomic E-state index is 13.5. The molecular weight excluding hydrogens is 622 g/mol. The fourth-order valence-corrected chi connectivity index (χ4v) is 7.21. The zero-order chi connectivity index (χ0) is 33.7. The summed E-state index contributed by atoms with van der Waals surface area (Å²) in [5.41, 5.74) is 3.81. The number of aromatic nitrogens is 2. The van der Waals surface area contributed by atoms with Gasteiger partial charge in [-0.25, -0.2) is 9.97 Å². The number of rotatable bonds is 12. The van der Waals surface area contributed by atoms with E-state index >= 15 is 0 Å². The highest BCUT2D eigenvalue weighted by molar-refractivity contribution is 5.95. The van der Waals surface area contributed by atoms with Crippen LogP contribution in [0.4, 0.5) is 11.6 Å². The number of carbonyl (C=O) groups is 2. The van der Waals surface area contributed by atoms with Crippen molar-refractivity contribution in [3.05, 3.63) is 64.9 Å². The van der Waals surface area contributed by atoms with Crippen molar-refractivity contribution in [2.45, 2.75) is 83.6 Å². The van der Waals surface area contributed by atoms with Gasteiger partial charge in [-0.05, 0) is 74.4 Å². The number of hydrogen-bond acceptors (Lipinski definition) is 10. The minimum atomic E-state index is -0.712. The fourth-order valence-electron chi connectivity index (χ4n) is 7.21. The minimum absolute atomic E-state index is 0.154. The zero-order valence-corrected chi connectivity index (χ0v) is 28.5. The Morgan fingerprint density at radius 2 is 1.84 bits per heavy atom. The van der Waals surface area contributed by atoms with Gasteiger partial charge in [0.1, 0.15) is 24.0 Å². The number of nitrogens with zero attached hydrogens (tertiary/aromatic N) is 5. The molecule has 2 aliphatic heterocycles. The van der Waals surface area contributed by atoms with Crippen LogP contribution in [-0.2, 0) is 24.4 Å². The number of amides is 2. The van der Waals surface area contributed by atoms with E-state index in [0.29, 0.717) is 56.8 Å². The average molecular weight is 672 g/mol. The second-order valence-corrected chi connectivity index (χ2v) is 14.1. The third-order valence-corrected chi connectivity index (χ3v) is 10.3. The normalized spacial score (nSPS) is 19.3. The molecule has 4 heterocycles. The highest BCUT2D eigenvalue weighted by atomic mass is 16.5. The highest BCUT2D eigenvalue weighted by Gasteiger charge is 2.35. The van der Waals surface area contributed by atoms with E-state index < -0.39 is 6.10 Å². The number of piperazine rings is 1. The lowest BCUT2D eigenvalue weighted by Crippen LogP contribution is -2.49. The van der Waals surface area contributed by atoms with E-state index in [1.165, 1.54) is 36.8 Å². The molecule has 12 nitrogen and oxygen atoms in total. The van der Waals surface area contributed by atoms with Gasteiger partial charge in [0.25, 0.3) is 5.91 Å². The lowest BCUT2D eigenvalue weighted by molar-refractivity contribution is -0.132. The maximum Gasteiger partial charge on any atom is 0.251 e. The van der Waals surface area contributed by atoms with Gasteiger partial charge in [-0.15, -0.1) is 0 Å². The lowest BCUT2D eigenvalue weighted by atomic mass is 9.95. The van der Waals surface area contributed by atoms with Crippen LogP contribution in [0.3, 0.4) is 0 Å². The number of anilines is 2. The van der Waals surface area contributed by atoms with Crippen LogP contribution in [0.2, 0.25) is 0 Å². The highest BCUT2D eigenvalue weighted by Crippen LogP contribution is 2.32. The minimum Gasteiger partial charge on any atom is -0.486 e. The van der Waals surface area contributed by atoms with Crippen LogP contribution in [0.5, 0.6) is 5.75 Å². The molecule has 0 unspecified atom stereocenters. The number of β-amino-alcohol motifs (C(OH)–C–C–N with tert-alkyl or cyclic N) is 1. The predicted molar refractivity (Wildman–Crippen MR) is 186 cm³/mol. The summed E-state index contributed by atoms with van der Waals surface area (Å²) in [5.74, 6) is 3.25. The second kappa shape index (κ2) is 15.2. The Labute approximate surface area is 288 Å². The summed E-state index contributed by atoms with van der Waals surface area (Å²) in [4.78, 5) is 41.5. The van der Waals surface area contributed by atoms with Crippen molar-refractivity contribution in [3.8, 4) is 5.75 Å². The van der Waals surface area contributed by atoms with E-state index in [2.05, 4.69) is 37.6 Å². The maximum atomic E-state index is 13.5. The molecule has 0 radical (unpaired) electrons. The number of hydrogen-bond donors (Lipinski definition) is 3. The van der Waals surface area contributed by atoms with Crippen LogP contribution in [0.1, 0.15) is 77.9 Å². The van der Waals surface area contributed by atoms with Crippen molar-refractivity contribution >= 4 is 23.5 Å². The summed E-state index contributed by atoms with van der Waals surface area (Å²) < 4.78 is 11.3. The first-order valence-corrected chi connectivity index (χ1v) is 18.0. The van der Waals surface area contributed by atoms with Gasteiger partial charge in [-0.1, -0.05) is 25.3 Å². The molecule has 2 aromatic heterocycles. The van der Waals surface area contributed by atoms with E-state index in [9.17, 15) is 14.7 Å². The molecule has 12 heteroatoms. The van der Waals surface area contributed by atoms with Gasteiger partial charge in [0.2, 0.25) is 5.91 Å². The van der Waals surface area contributed by atoms with Gasteiger partial charge in [-0.2, -0.15) is 0 Å². The van der Waals surface area contributed by atoms with Crippen LogP contribution in [0.25, 0.3) is 0 Å². The summed E-state index contributed by atoms with van der Waals surface area (Å²) >= 11 is 0. The molecule has 2 aliphatic carbocycles. The Morgan fingerprint density at radius 1 is 1.02 bits per heavy atom. The van der Waals surface area contributed by atoms with Crippen LogP contribution in [0.15, 0.2) is 41.1 Å². The first-order chi connectivity index (χ1) is 23.9. The third kappa shape index (κ3) is 8.53. The number of oxazole rings is 1. The first-order valence-electron chi connectivity index (χ1n) is 18.0. The number of ether oxygens (including phenoxy) is 1. The van der Waals surface area contributed by atoms with Crippen molar-refractivity contribution in [1.29, 1.82) is 0 Å². The van der Waals surface area contributed by atoms with Gasteiger partial charge in [0.05, 0.1) is 11.8 Å². The van der Waals surface area contributed by atoms with E-state index in [0.717, 1.165) is 68.2 Å². The molecule has 2 amide bonds. The van der Waals surface area contributed by atoms with E-state index in [1.54, 1.807) is 0 Å². The van der Waals surface area contributed by atoms with Crippen molar-refractivity contribution in [3.63, 3.8) is 0 Å². The Morgan fingerprint density at radius 3 is 2.59 bits per heavy atom. The van der Waals surface area contributed by atoms with Gasteiger partial charge < -0.3 is 34.7 Å². The second-order valence-electron chi connectivity index (χ2n) is 14.1. The number of aryl methyl sites for hydroxylation is 1. The topological polar surface area (TPSA) is 136 Å². The Kier molecular flexibility index (Phi) is 10.3. The Bertz CT molecular complexity index is 1610. The van der Waals surface area contributed by atoms with Crippen LogP contribution in [-0.4, -0.2) is 94.6 Å². The summed E-state index contributed by atoms with van der Waals surface area (Å²) in [6.45, 7) is 7.11. The molecule has 7 rings (SSSR count).